The van der Waals surface area contributed by atoms with Gasteiger partial charge < -0.3 is 10.2 Å². The summed E-state index contributed by atoms with van der Waals surface area (Å²) >= 11 is 0. The molecule has 1 aliphatic heterocycles. The monoisotopic (exact) mass is 409 g/mol. The number of rotatable bonds is 9. The van der Waals surface area contributed by atoms with Gasteiger partial charge in [0.05, 0.1) is 4.90 Å². The zero-order valence-corrected chi connectivity index (χ0v) is 18.5. The van der Waals surface area contributed by atoms with Gasteiger partial charge in [-0.3, -0.25) is 4.79 Å². The number of aryl methyl sites for hydroxylation is 1. The van der Waals surface area contributed by atoms with E-state index >= 15 is 0 Å². The zero-order valence-electron chi connectivity index (χ0n) is 17.7. The Balaban J connectivity index is 2.04. The van der Waals surface area contributed by atoms with Crippen LogP contribution in [0.2, 0.25) is 0 Å². The van der Waals surface area contributed by atoms with Gasteiger partial charge in [0.25, 0.3) is 5.91 Å². The normalized spacial score (nSPS) is 16.9. The van der Waals surface area contributed by atoms with Crippen LogP contribution in [-0.2, 0) is 10.0 Å². The van der Waals surface area contributed by atoms with E-state index in [2.05, 4.69) is 17.1 Å². The second-order valence-corrected chi connectivity index (χ2v) is 9.68. The van der Waals surface area contributed by atoms with Crippen molar-refractivity contribution in [2.75, 3.05) is 39.3 Å². The third kappa shape index (κ3) is 5.78. The van der Waals surface area contributed by atoms with Gasteiger partial charge in [0, 0.05) is 31.7 Å². The first-order chi connectivity index (χ1) is 13.3. The smallest absolute Gasteiger partial charge is 0.251 e. The molecule has 0 aromatic heterocycles. The minimum absolute atomic E-state index is 0.174. The Morgan fingerprint density at radius 1 is 1.18 bits per heavy atom. The minimum Gasteiger partial charge on any atom is -0.352 e. The van der Waals surface area contributed by atoms with E-state index in [1.165, 1.54) is 29.6 Å². The molecule has 1 saturated heterocycles. The number of amides is 1. The Morgan fingerprint density at radius 3 is 2.43 bits per heavy atom. The third-order valence-corrected chi connectivity index (χ3v) is 7.47. The van der Waals surface area contributed by atoms with E-state index in [9.17, 15) is 13.2 Å². The molecular weight excluding hydrogens is 374 g/mol. The van der Waals surface area contributed by atoms with Gasteiger partial charge in [0.15, 0.2) is 0 Å². The van der Waals surface area contributed by atoms with Gasteiger partial charge in [0.2, 0.25) is 10.0 Å². The van der Waals surface area contributed by atoms with Gasteiger partial charge in [-0.05, 0) is 56.5 Å². The molecule has 0 saturated carbocycles. The third-order valence-electron chi connectivity index (χ3n) is 5.43. The number of hydrogen-bond acceptors (Lipinski definition) is 4. The van der Waals surface area contributed by atoms with Crippen LogP contribution < -0.4 is 5.32 Å². The van der Waals surface area contributed by atoms with Gasteiger partial charge in [-0.15, -0.1) is 0 Å². The summed E-state index contributed by atoms with van der Waals surface area (Å²) in [4.78, 5) is 15.4. The zero-order chi connectivity index (χ0) is 20.7. The van der Waals surface area contributed by atoms with Gasteiger partial charge >= 0.3 is 0 Å². The summed E-state index contributed by atoms with van der Waals surface area (Å²) in [5.41, 5.74) is 1.21. The van der Waals surface area contributed by atoms with E-state index in [1.807, 2.05) is 20.8 Å². The van der Waals surface area contributed by atoms with E-state index < -0.39 is 10.0 Å². The van der Waals surface area contributed by atoms with Crippen molar-refractivity contribution in [1.29, 1.82) is 0 Å². The van der Waals surface area contributed by atoms with Gasteiger partial charge in [-0.1, -0.05) is 33.3 Å². The highest BCUT2D eigenvalue weighted by Gasteiger charge is 2.23. The van der Waals surface area contributed by atoms with Crippen LogP contribution in [0.15, 0.2) is 23.1 Å². The average Bonchev–Trinajstić information content (AvgIpc) is 2.68. The van der Waals surface area contributed by atoms with Gasteiger partial charge in [0.1, 0.15) is 0 Å². The molecule has 1 aromatic rings. The lowest BCUT2D eigenvalue weighted by Crippen LogP contribution is -2.38. The highest BCUT2D eigenvalue weighted by molar-refractivity contribution is 7.89. The Kier molecular flexibility index (Phi) is 8.46. The fourth-order valence-electron chi connectivity index (χ4n) is 3.73. The molecule has 158 valence electrons. The summed E-state index contributed by atoms with van der Waals surface area (Å²) in [6.45, 7) is 12.3. The molecule has 1 aromatic carbocycles. The van der Waals surface area contributed by atoms with E-state index in [0.717, 1.165) is 25.2 Å². The fourth-order valence-corrected chi connectivity index (χ4v) is 5.21. The molecule has 28 heavy (non-hydrogen) atoms. The number of carbonyl (C=O) groups is 1. The van der Waals surface area contributed by atoms with Crippen LogP contribution in [0.5, 0.6) is 0 Å². The Labute approximate surface area is 170 Å². The number of nitrogens with one attached hydrogen (secondary N) is 1. The van der Waals surface area contributed by atoms with Gasteiger partial charge in [-0.2, -0.15) is 4.31 Å². The molecule has 6 nitrogen and oxygen atoms in total. The summed E-state index contributed by atoms with van der Waals surface area (Å²) in [6.07, 6.45) is 3.83. The molecule has 0 spiro atoms. The van der Waals surface area contributed by atoms with Crippen LogP contribution in [0.1, 0.15) is 56.0 Å². The van der Waals surface area contributed by atoms with E-state index in [4.69, 9.17) is 0 Å². The van der Waals surface area contributed by atoms with Crippen LogP contribution in [0.25, 0.3) is 0 Å². The van der Waals surface area contributed by atoms with Crippen LogP contribution >= 0.6 is 0 Å². The largest absolute Gasteiger partial charge is 0.352 e. The molecule has 1 atom stereocenters. The molecule has 0 bridgehead atoms. The molecule has 1 N–H and O–H groups in total. The van der Waals surface area contributed by atoms with Crippen molar-refractivity contribution in [2.45, 2.75) is 51.9 Å². The lowest BCUT2D eigenvalue weighted by atomic mass is 10.1. The van der Waals surface area contributed by atoms with Gasteiger partial charge in [-0.25, -0.2) is 8.42 Å². The van der Waals surface area contributed by atoms with Crippen LogP contribution in [0.4, 0.5) is 0 Å². The number of piperidine rings is 1. The molecule has 1 aliphatic rings. The summed E-state index contributed by atoms with van der Waals surface area (Å²) < 4.78 is 26.9. The summed E-state index contributed by atoms with van der Waals surface area (Å²) in [7, 11) is -3.58. The summed E-state index contributed by atoms with van der Waals surface area (Å²) in [6, 6.07) is 4.80. The summed E-state index contributed by atoms with van der Waals surface area (Å²) in [5.74, 6) is 0.143. The van der Waals surface area contributed by atoms with Crippen molar-refractivity contribution in [3.05, 3.63) is 29.3 Å². The number of likely N-dealkylation sites (tertiary alicyclic amines) is 1. The Bertz CT molecular complexity index is 754. The molecule has 1 heterocycles. The molecule has 1 fully saturated rings. The van der Waals surface area contributed by atoms with Crippen molar-refractivity contribution >= 4 is 15.9 Å². The first kappa shape index (κ1) is 22.8. The highest BCUT2D eigenvalue weighted by atomic mass is 32.2. The Hall–Kier alpha value is -1.44. The SMILES string of the molecule is CCN(CC)S(=O)(=O)c1ccc(C)c(C(=O)NCC(C)CN2CCCCC2)c1. The molecule has 0 aliphatic carbocycles. The second kappa shape index (κ2) is 10.4. The minimum atomic E-state index is -3.58. The molecular formula is C21H35N3O3S. The second-order valence-electron chi connectivity index (χ2n) is 7.74. The number of nitrogens with zero attached hydrogens (tertiary/aromatic N) is 2. The van der Waals surface area contributed by atoms with Crippen molar-refractivity contribution in [2.24, 2.45) is 5.92 Å². The standard InChI is InChI=1S/C21H35N3O3S/c1-5-24(6-2)28(26,27)19-11-10-18(4)20(14-19)21(25)22-15-17(3)16-23-12-8-7-9-13-23/h10-11,14,17H,5-9,12-13,15-16H2,1-4H3,(H,22,25). The first-order valence-electron chi connectivity index (χ1n) is 10.4. The quantitative estimate of drug-likeness (QED) is 0.681. The predicted octanol–water partition coefficient (Wildman–Crippen LogP) is 2.88. The first-order valence-corrected chi connectivity index (χ1v) is 11.8. The number of carbonyl (C=O) groups excluding carboxylic acids is 1. The molecule has 2 rings (SSSR count). The fraction of sp³-hybridized carbons (Fsp3) is 0.667. The number of benzene rings is 1. The molecule has 7 heteroatoms. The van der Waals surface area contributed by atoms with E-state index in [0.29, 0.717) is 31.1 Å². The lowest BCUT2D eigenvalue weighted by Gasteiger charge is -2.29. The van der Waals surface area contributed by atoms with Crippen molar-refractivity contribution in [3.63, 3.8) is 0 Å². The number of hydrogen-bond donors (Lipinski definition) is 1. The topological polar surface area (TPSA) is 69.7 Å². The lowest BCUT2D eigenvalue weighted by molar-refractivity contribution is 0.0941. The van der Waals surface area contributed by atoms with Crippen LogP contribution in [-0.4, -0.2) is 62.8 Å². The van der Waals surface area contributed by atoms with Crippen LogP contribution in [0, 0.1) is 12.8 Å². The van der Waals surface area contributed by atoms with Crippen molar-refractivity contribution < 1.29 is 13.2 Å². The molecule has 1 unspecified atom stereocenters. The maximum Gasteiger partial charge on any atom is 0.251 e. The van der Waals surface area contributed by atoms with Crippen LogP contribution in [0.3, 0.4) is 0 Å². The maximum atomic E-state index is 12.8. The van der Waals surface area contributed by atoms with E-state index in [-0.39, 0.29) is 10.8 Å². The average molecular weight is 410 g/mol. The predicted molar refractivity (Wildman–Crippen MR) is 113 cm³/mol. The van der Waals surface area contributed by atoms with Crippen molar-refractivity contribution in [1.82, 2.24) is 14.5 Å². The molecule has 1 amide bonds. The Morgan fingerprint density at radius 2 is 1.82 bits per heavy atom. The number of sulfonamides is 1. The van der Waals surface area contributed by atoms with E-state index in [1.54, 1.807) is 12.1 Å². The molecule has 0 radical (unpaired) electrons. The highest BCUT2D eigenvalue weighted by Crippen LogP contribution is 2.20. The summed E-state index contributed by atoms with van der Waals surface area (Å²) in [5, 5.41) is 2.99. The van der Waals surface area contributed by atoms with Crippen molar-refractivity contribution in [3.8, 4) is 0 Å². The maximum absolute atomic E-state index is 12.8.